The van der Waals surface area contributed by atoms with Gasteiger partial charge in [0.2, 0.25) is 0 Å². The Balaban J connectivity index is 2.50. The molecule has 2 rings (SSSR count). The molecular formula is C18H17NO2. The predicted octanol–water partition coefficient (Wildman–Crippen LogP) is 3.55. The van der Waals surface area contributed by atoms with Crippen LogP contribution in [0.15, 0.2) is 78.3 Å². The first-order valence-corrected chi connectivity index (χ1v) is 6.74. The summed E-state index contributed by atoms with van der Waals surface area (Å²) in [5.74, 6) is -0.945. The fraction of sp³-hybridized carbons (Fsp3) is 0.111. The first kappa shape index (κ1) is 14.7. The van der Waals surface area contributed by atoms with Gasteiger partial charge in [-0.05, 0) is 6.42 Å². The molecule has 0 bridgehead atoms. The number of carboxylic acid groups (broad SMARTS) is 1. The number of aliphatic carboxylic acids is 1. The summed E-state index contributed by atoms with van der Waals surface area (Å²) in [6.45, 7) is 3.60. The highest BCUT2D eigenvalue weighted by atomic mass is 16.4. The SMILES string of the molecule is C=CC[C@@H](N=C(c1ccccc1)c1ccccc1)C(=O)O. The average Bonchev–Trinajstić information content (AvgIpc) is 2.53. The number of benzene rings is 2. The third-order valence-corrected chi connectivity index (χ3v) is 3.05. The summed E-state index contributed by atoms with van der Waals surface area (Å²) in [6, 6.07) is 18.4. The summed E-state index contributed by atoms with van der Waals surface area (Å²) in [7, 11) is 0. The largest absolute Gasteiger partial charge is 0.480 e. The molecule has 0 aliphatic carbocycles. The molecule has 0 radical (unpaired) electrons. The van der Waals surface area contributed by atoms with E-state index >= 15 is 0 Å². The van der Waals surface area contributed by atoms with Crippen LogP contribution in [0.4, 0.5) is 0 Å². The highest BCUT2D eigenvalue weighted by molar-refractivity contribution is 6.13. The lowest BCUT2D eigenvalue weighted by atomic mass is 10.0. The van der Waals surface area contributed by atoms with Crippen molar-refractivity contribution in [2.45, 2.75) is 12.5 Å². The maximum absolute atomic E-state index is 11.3. The van der Waals surface area contributed by atoms with Crippen molar-refractivity contribution in [3.8, 4) is 0 Å². The van der Waals surface area contributed by atoms with Gasteiger partial charge >= 0.3 is 5.97 Å². The lowest BCUT2D eigenvalue weighted by Crippen LogP contribution is -2.20. The van der Waals surface area contributed by atoms with Crippen LogP contribution in [0.25, 0.3) is 0 Å². The van der Waals surface area contributed by atoms with E-state index in [4.69, 9.17) is 0 Å². The molecule has 106 valence electrons. The molecule has 2 aromatic rings. The van der Waals surface area contributed by atoms with Crippen molar-refractivity contribution in [1.29, 1.82) is 0 Å². The van der Waals surface area contributed by atoms with Crippen molar-refractivity contribution in [2.24, 2.45) is 4.99 Å². The van der Waals surface area contributed by atoms with Gasteiger partial charge in [-0.15, -0.1) is 6.58 Å². The van der Waals surface area contributed by atoms with Gasteiger partial charge in [0.05, 0.1) is 5.71 Å². The molecule has 0 spiro atoms. The van der Waals surface area contributed by atoms with Gasteiger partial charge in [-0.1, -0.05) is 66.7 Å². The van der Waals surface area contributed by atoms with Crippen LogP contribution in [0, 0.1) is 0 Å². The third-order valence-electron chi connectivity index (χ3n) is 3.05. The molecule has 0 aromatic heterocycles. The Morgan fingerprint density at radius 1 is 1.05 bits per heavy atom. The molecule has 3 heteroatoms. The monoisotopic (exact) mass is 279 g/mol. The molecule has 0 fully saturated rings. The molecule has 21 heavy (non-hydrogen) atoms. The molecule has 0 amide bonds. The van der Waals surface area contributed by atoms with E-state index in [1.165, 1.54) is 0 Å². The quantitative estimate of drug-likeness (QED) is 0.649. The fourth-order valence-corrected chi connectivity index (χ4v) is 2.03. The zero-order valence-electron chi connectivity index (χ0n) is 11.6. The summed E-state index contributed by atoms with van der Waals surface area (Å²) in [4.78, 5) is 15.8. The maximum Gasteiger partial charge on any atom is 0.328 e. The summed E-state index contributed by atoms with van der Waals surface area (Å²) in [5.41, 5.74) is 2.49. The van der Waals surface area contributed by atoms with Gasteiger partial charge in [0.15, 0.2) is 6.04 Å². The Morgan fingerprint density at radius 3 is 1.90 bits per heavy atom. The third kappa shape index (κ3) is 3.89. The second kappa shape index (κ2) is 7.20. The van der Waals surface area contributed by atoms with Crippen LogP contribution in [0.3, 0.4) is 0 Å². The minimum Gasteiger partial charge on any atom is -0.480 e. The highest BCUT2D eigenvalue weighted by Gasteiger charge is 2.17. The number of hydrogen-bond donors (Lipinski definition) is 1. The second-order valence-electron chi connectivity index (χ2n) is 4.59. The second-order valence-corrected chi connectivity index (χ2v) is 4.59. The fourth-order valence-electron chi connectivity index (χ4n) is 2.03. The molecule has 0 aliphatic heterocycles. The summed E-state index contributed by atoms with van der Waals surface area (Å²) < 4.78 is 0. The van der Waals surface area contributed by atoms with Crippen molar-refractivity contribution < 1.29 is 9.90 Å². The Kier molecular flexibility index (Phi) is 5.04. The van der Waals surface area contributed by atoms with Gasteiger partial charge in [0.25, 0.3) is 0 Å². The number of carbonyl (C=O) groups is 1. The maximum atomic E-state index is 11.3. The van der Waals surface area contributed by atoms with Gasteiger partial charge in [-0.25, -0.2) is 4.79 Å². The minimum atomic E-state index is -0.945. The van der Waals surface area contributed by atoms with E-state index < -0.39 is 12.0 Å². The number of rotatable bonds is 6. The Bertz CT molecular complexity index is 591. The number of nitrogens with zero attached hydrogens (tertiary/aromatic N) is 1. The molecule has 1 atom stereocenters. The molecule has 0 saturated heterocycles. The van der Waals surface area contributed by atoms with E-state index in [-0.39, 0.29) is 0 Å². The standard InChI is InChI=1S/C18H17NO2/c1-2-9-16(18(20)21)19-17(14-10-5-3-6-11-14)15-12-7-4-8-13-15/h2-8,10-13,16H,1,9H2,(H,20,21)/t16-/m1/s1. The molecule has 0 saturated carbocycles. The molecule has 0 heterocycles. The molecule has 1 N–H and O–H groups in total. The van der Waals surface area contributed by atoms with Crippen molar-refractivity contribution in [2.75, 3.05) is 0 Å². The van der Waals surface area contributed by atoms with E-state index in [1.807, 2.05) is 60.7 Å². The van der Waals surface area contributed by atoms with Gasteiger partial charge in [0.1, 0.15) is 0 Å². The predicted molar refractivity (Wildman–Crippen MR) is 84.8 cm³/mol. The van der Waals surface area contributed by atoms with Crippen molar-refractivity contribution in [3.63, 3.8) is 0 Å². The number of hydrogen-bond acceptors (Lipinski definition) is 2. The molecule has 0 aliphatic rings. The van der Waals surface area contributed by atoms with Gasteiger partial charge in [-0.3, -0.25) is 4.99 Å². The summed E-state index contributed by atoms with van der Waals surface area (Å²) in [6.07, 6.45) is 1.88. The van der Waals surface area contributed by atoms with E-state index in [0.29, 0.717) is 12.1 Å². The van der Waals surface area contributed by atoms with Crippen LogP contribution in [0.1, 0.15) is 17.5 Å². The average molecular weight is 279 g/mol. The van der Waals surface area contributed by atoms with Crippen LogP contribution < -0.4 is 0 Å². The highest BCUT2D eigenvalue weighted by Crippen LogP contribution is 2.13. The van der Waals surface area contributed by atoms with E-state index in [2.05, 4.69) is 11.6 Å². The first-order valence-electron chi connectivity index (χ1n) is 6.74. The lowest BCUT2D eigenvalue weighted by Gasteiger charge is -2.11. The van der Waals surface area contributed by atoms with Gasteiger partial charge in [0, 0.05) is 11.1 Å². The van der Waals surface area contributed by atoms with Crippen LogP contribution >= 0.6 is 0 Å². The Hall–Kier alpha value is -2.68. The topological polar surface area (TPSA) is 49.7 Å². The normalized spacial score (nSPS) is 11.4. The zero-order chi connectivity index (χ0) is 15.1. The minimum absolute atomic E-state index is 0.304. The molecular weight excluding hydrogens is 262 g/mol. The van der Waals surface area contributed by atoms with Crippen molar-refractivity contribution >= 4 is 11.7 Å². The van der Waals surface area contributed by atoms with E-state index in [9.17, 15) is 9.90 Å². The molecule has 2 aromatic carbocycles. The van der Waals surface area contributed by atoms with Crippen LogP contribution in [-0.2, 0) is 4.79 Å². The van der Waals surface area contributed by atoms with Crippen LogP contribution in [-0.4, -0.2) is 22.8 Å². The molecule has 0 unspecified atom stereocenters. The van der Waals surface area contributed by atoms with E-state index in [1.54, 1.807) is 6.08 Å². The van der Waals surface area contributed by atoms with Crippen molar-refractivity contribution in [3.05, 3.63) is 84.4 Å². The number of carboxylic acids is 1. The summed E-state index contributed by atoms with van der Waals surface area (Å²) in [5, 5.41) is 9.29. The first-order chi connectivity index (χ1) is 10.2. The Morgan fingerprint density at radius 2 is 1.52 bits per heavy atom. The van der Waals surface area contributed by atoms with Gasteiger partial charge < -0.3 is 5.11 Å². The van der Waals surface area contributed by atoms with Gasteiger partial charge in [-0.2, -0.15) is 0 Å². The van der Waals surface area contributed by atoms with Crippen molar-refractivity contribution in [1.82, 2.24) is 0 Å². The summed E-state index contributed by atoms with van der Waals surface area (Å²) >= 11 is 0. The lowest BCUT2D eigenvalue weighted by molar-refractivity contribution is -0.138. The van der Waals surface area contributed by atoms with E-state index in [0.717, 1.165) is 11.1 Å². The zero-order valence-corrected chi connectivity index (χ0v) is 11.6. The van der Waals surface area contributed by atoms with Crippen LogP contribution in [0.2, 0.25) is 0 Å². The number of aliphatic imine (C=N–C) groups is 1. The Labute approximate surface area is 124 Å². The van der Waals surface area contributed by atoms with Crippen LogP contribution in [0.5, 0.6) is 0 Å². The smallest absolute Gasteiger partial charge is 0.328 e. The molecule has 3 nitrogen and oxygen atoms in total.